The van der Waals surface area contributed by atoms with Crippen LogP contribution in [0, 0.1) is 0 Å². The molecule has 10 heteroatoms. The highest BCUT2D eigenvalue weighted by Crippen LogP contribution is 2.64. The van der Waals surface area contributed by atoms with Gasteiger partial charge >= 0.3 is 0 Å². The van der Waals surface area contributed by atoms with Crippen molar-refractivity contribution in [2.45, 2.75) is 29.7 Å². The molecule has 21 heavy (non-hydrogen) atoms. The summed E-state index contributed by atoms with van der Waals surface area (Å²) in [4.78, 5) is 11.8. The molecular formula is C11H11ClFN5O3. The second kappa shape index (κ2) is 3.80. The number of ether oxygens (including phenoxy) is 1. The molecule has 2 aliphatic rings. The number of aromatic nitrogens is 4. The summed E-state index contributed by atoms with van der Waals surface area (Å²) in [7, 11) is 0. The molecule has 1 aliphatic carbocycles. The molecule has 2 aromatic rings. The molecule has 3 heterocycles. The normalized spacial score (nSPS) is 41.4. The third-order valence-corrected chi connectivity index (χ3v) is 4.71. The Balaban J connectivity index is 1.80. The van der Waals surface area contributed by atoms with Gasteiger partial charge in [-0.25, -0.2) is 19.3 Å². The Hall–Kier alpha value is -1.55. The number of anilines is 1. The van der Waals surface area contributed by atoms with Crippen LogP contribution in [0.25, 0.3) is 11.2 Å². The van der Waals surface area contributed by atoms with Gasteiger partial charge in [-0.05, 0) is 0 Å². The third kappa shape index (κ3) is 1.28. The first kappa shape index (κ1) is 13.1. The monoisotopic (exact) mass is 315 g/mol. The van der Waals surface area contributed by atoms with Crippen LogP contribution in [0.2, 0.25) is 0 Å². The fraction of sp³-hybridized carbons (Fsp3) is 0.545. The molecule has 1 saturated heterocycles. The Kier molecular flexibility index (Phi) is 2.38. The number of alkyl halides is 2. The quantitative estimate of drug-likeness (QED) is 0.630. The number of halogens is 2. The smallest absolute Gasteiger partial charge is 0.179 e. The molecule has 4 rings (SSSR count). The summed E-state index contributed by atoms with van der Waals surface area (Å²) in [6.45, 7) is 0. The Labute approximate surface area is 122 Å². The SMILES string of the molecule is Nc1ncnc2c1ncn2[C@@H]1O[C@]2(CCl)[C@@H](O)[C@]2(O)[C@H]1F. The molecule has 5 atom stereocenters. The zero-order chi connectivity index (χ0) is 15.0. The standard InChI is InChI=1S/C11H11ClFN5O3/c12-1-10-9(19)11(10,20)5(13)8(21-10)18-3-17-4-6(14)15-2-16-7(4)18/h2-3,5,8-9,19-20H,1H2,(H2,14,15,16)/t5-,8+,9+,10+,11+/m0/s1. The second-order valence-corrected chi connectivity index (χ2v) is 5.51. The maximum atomic E-state index is 14.6. The van der Waals surface area contributed by atoms with E-state index in [2.05, 4.69) is 15.0 Å². The molecule has 0 unspecified atom stereocenters. The van der Waals surface area contributed by atoms with Crippen molar-refractivity contribution in [1.29, 1.82) is 0 Å². The van der Waals surface area contributed by atoms with E-state index in [4.69, 9.17) is 22.1 Å². The summed E-state index contributed by atoms with van der Waals surface area (Å²) in [6, 6.07) is 0. The largest absolute Gasteiger partial charge is 0.387 e. The number of imidazole rings is 1. The maximum absolute atomic E-state index is 14.6. The molecular weight excluding hydrogens is 305 g/mol. The Bertz CT molecular complexity index is 740. The molecule has 0 spiro atoms. The Morgan fingerprint density at radius 2 is 2.24 bits per heavy atom. The molecule has 2 aromatic heterocycles. The average Bonchev–Trinajstić information content (AvgIpc) is 2.82. The summed E-state index contributed by atoms with van der Waals surface area (Å²) in [5.41, 5.74) is 2.73. The van der Waals surface area contributed by atoms with Gasteiger partial charge in [0, 0.05) is 0 Å². The number of hydrogen-bond acceptors (Lipinski definition) is 7. The fourth-order valence-corrected chi connectivity index (χ4v) is 3.42. The molecule has 112 valence electrons. The number of nitrogens with zero attached hydrogens (tertiary/aromatic N) is 4. The van der Waals surface area contributed by atoms with Crippen molar-refractivity contribution >= 4 is 28.6 Å². The van der Waals surface area contributed by atoms with Gasteiger partial charge in [-0.1, -0.05) is 0 Å². The third-order valence-electron chi connectivity index (χ3n) is 4.31. The first-order valence-corrected chi connectivity index (χ1v) is 6.72. The number of aliphatic hydroxyl groups is 2. The van der Waals surface area contributed by atoms with Gasteiger partial charge in [0.1, 0.15) is 23.5 Å². The van der Waals surface area contributed by atoms with Gasteiger partial charge in [-0.2, -0.15) is 0 Å². The van der Waals surface area contributed by atoms with Gasteiger partial charge in [0.15, 0.2) is 29.5 Å². The van der Waals surface area contributed by atoms with Crippen molar-refractivity contribution < 1.29 is 19.3 Å². The molecule has 1 aliphatic heterocycles. The highest BCUT2D eigenvalue weighted by molar-refractivity contribution is 6.19. The van der Waals surface area contributed by atoms with Gasteiger partial charge in [0.25, 0.3) is 0 Å². The summed E-state index contributed by atoms with van der Waals surface area (Å²) in [5.74, 6) is -0.0751. The summed E-state index contributed by atoms with van der Waals surface area (Å²) >= 11 is 5.73. The summed E-state index contributed by atoms with van der Waals surface area (Å²) < 4.78 is 21.4. The fourth-order valence-electron chi connectivity index (χ4n) is 3.00. The van der Waals surface area contributed by atoms with E-state index in [1.54, 1.807) is 0 Å². The minimum Gasteiger partial charge on any atom is -0.387 e. The van der Waals surface area contributed by atoms with Crippen molar-refractivity contribution in [1.82, 2.24) is 19.5 Å². The summed E-state index contributed by atoms with van der Waals surface area (Å²) in [6.07, 6.45) is -1.91. The van der Waals surface area contributed by atoms with Crippen LogP contribution < -0.4 is 5.73 Å². The van der Waals surface area contributed by atoms with Crippen LogP contribution >= 0.6 is 11.6 Å². The van der Waals surface area contributed by atoms with Gasteiger partial charge in [0.05, 0.1) is 12.2 Å². The minimum absolute atomic E-state index is 0.156. The number of nitrogen functional groups attached to an aromatic ring is 1. The van der Waals surface area contributed by atoms with E-state index in [0.717, 1.165) is 0 Å². The first-order valence-electron chi connectivity index (χ1n) is 6.18. The van der Waals surface area contributed by atoms with Crippen LogP contribution in [-0.4, -0.2) is 59.1 Å². The van der Waals surface area contributed by atoms with E-state index < -0.39 is 29.7 Å². The zero-order valence-corrected chi connectivity index (χ0v) is 11.3. The van der Waals surface area contributed by atoms with Crippen molar-refractivity contribution in [3.8, 4) is 0 Å². The highest BCUT2D eigenvalue weighted by Gasteiger charge is 2.87. The van der Waals surface area contributed by atoms with E-state index in [1.165, 1.54) is 17.2 Å². The lowest BCUT2D eigenvalue weighted by Crippen LogP contribution is -2.33. The predicted molar refractivity (Wildman–Crippen MR) is 69.2 cm³/mol. The minimum atomic E-state index is -2.02. The van der Waals surface area contributed by atoms with Crippen molar-refractivity contribution in [3.05, 3.63) is 12.7 Å². The van der Waals surface area contributed by atoms with Crippen LogP contribution in [-0.2, 0) is 4.74 Å². The molecule has 0 amide bonds. The van der Waals surface area contributed by atoms with Crippen LogP contribution in [0.3, 0.4) is 0 Å². The van der Waals surface area contributed by atoms with Crippen molar-refractivity contribution in [2.75, 3.05) is 11.6 Å². The van der Waals surface area contributed by atoms with Crippen molar-refractivity contribution in [3.63, 3.8) is 0 Å². The molecule has 1 saturated carbocycles. The van der Waals surface area contributed by atoms with E-state index in [0.29, 0.717) is 5.52 Å². The van der Waals surface area contributed by atoms with Gasteiger partial charge in [0.2, 0.25) is 0 Å². The molecule has 8 nitrogen and oxygen atoms in total. The predicted octanol–water partition coefficient (Wildman–Crippen LogP) is -0.641. The topological polar surface area (TPSA) is 119 Å². The van der Waals surface area contributed by atoms with E-state index in [-0.39, 0.29) is 17.3 Å². The molecule has 2 fully saturated rings. The molecule has 0 bridgehead atoms. The maximum Gasteiger partial charge on any atom is 0.179 e. The van der Waals surface area contributed by atoms with Gasteiger partial charge in [-0.15, -0.1) is 11.6 Å². The van der Waals surface area contributed by atoms with E-state index >= 15 is 0 Å². The number of hydrogen-bond donors (Lipinski definition) is 3. The summed E-state index contributed by atoms with van der Waals surface area (Å²) in [5, 5.41) is 20.0. The Morgan fingerprint density at radius 3 is 2.90 bits per heavy atom. The van der Waals surface area contributed by atoms with Crippen LogP contribution in [0.1, 0.15) is 6.23 Å². The zero-order valence-electron chi connectivity index (χ0n) is 10.5. The van der Waals surface area contributed by atoms with E-state index in [9.17, 15) is 14.6 Å². The number of nitrogens with two attached hydrogens (primary N) is 1. The lowest BCUT2D eigenvalue weighted by atomic mass is 10.1. The second-order valence-electron chi connectivity index (χ2n) is 5.24. The lowest BCUT2D eigenvalue weighted by molar-refractivity contribution is -0.0831. The highest BCUT2D eigenvalue weighted by atomic mass is 35.5. The molecule has 4 N–H and O–H groups in total. The van der Waals surface area contributed by atoms with Crippen LogP contribution in [0.15, 0.2) is 12.7 Å². The average molecular weight is 316 g/mol. The molecule has 0 radical (unpaired) electrons. The van der Waals surface area contributed by atoms with Crippen molar-refractivity contribution in [2.24, 2.45) is 0 Å². The lowest BCUT2D eigenvalue weighted by Gasteiger charge is -2.21. The number of fused-ring (bicyclic) bond motifs is 2. The number of aliphatic hydroxyl groups excluding tert-OH is 1. The van der Waals surface area contributed by atoms with E-state index in [1.807, 2.05) is 0 Å². The van der Waals surface area contributed by atoms with Crippen LogP contribution in [0.4, 0.5) is 10.2 Å². The van der Waals surface area contributed by atoms with Crippen LogP contribution in [0.5, 0.6) is 0 Å². The van der Waals surface area contributed by atoms with Gasteiger partial charge in [-0.3, -0.25) is 4.57 Å². The number of rotatable bonds is 2. The Morgan fingerprint density at radius 1 is 1.48 bits per heavy atom. The van der Waals surface area contributed by atoms with Gasteiger partial charge < -0.3 is 20.7 Å². The molecule has 0 aromatic carbocycles. The first-order chi connectivity index (χ1) is 9.97.